The molecule has 0 saturated heterocycles. The molecule has 0 aromatic heterocycles. The van der Waals surface area contributed by atoms with Gasteiger partial charge >= 0.3 is 0 Å². The number of hydrogen-bond donors (Lipinski definition) is 1. The van der Waals surface area contributed by atoms with Crippen LogP contribution in [0.1, 0.15) is 43.7 Å². The van der Waals surface area contributed by atoms with Gasteiger partial charge in [0.1, 0.15) is 0 Å². The van der Waals surface area contributed by atoms with Crippen molar-refractivity contribution in [3.8, 4) is 0 Å². The number of fused-ring (bicyclic) bond motifs is 1. The molecule has 0 saturated carbocycles. The number of unbranched alkanes of at least 4 members (excludes halogenated alkanes) is 1. The van der Waals surface area contributed by atoms with E-state index >= 15 is 0 Å². The predicted molar refractivity (Wildman–Crippen MR) is 75.7 cm³/mol. The highest BCUT2D eigenvalue weighted by Crippen LogP contribution is 2.29. The van der Waals surface area contributed by atoms with Gasteiger partial charge in [-0.05, 0) is 43.2 Å². The van der Waals surface area contributed by atoms with Crippen LogP contribution in [0.2, 0.25) is 0 Å². The Balaban J connectivity index is 1.82. The van der Waals surface area contributed by atoms with Gasteiger partial charge in [0.05, 0.1) is 0 Å². The number of benzene rings is 1. The first-order valence-corrected chi connectivity index (χ1v) is 7.17. The summed E-state index contributed by atoms with van der Waals surface area (Å²) in [5.41, 5.74) is 9.36. The lowest BCUT2D eigenvalue weighted by atomic mass is 9.77. The third-order valence-corrected chi connectivity index (χ3v) is 3.94. The Labute approximate surface area is 111 Å². The van der Waals surface area contributed by atoms with Gasteiger partial charge in [0.2, 0.25) is 0 Å². The summed E-state index contributed by atoms with van der Waals surface area (Å²) in [5, 5.41) is 0. The molecule has 0 aliphatic heterocycles. The molecular formula is C16H25NO. The molecule has 1 unspecified atom stereocenters. The Bertz CT molecular complexity index is 377. The molecular weight excluding hydrogens is 222 g/mol. The summed E-state index contributed by atoms with van der Waals surface area (Å²) in [7, 11) is 0. The van der Waals surface area contributed by atoms with Crippen molar-refractivity contribution in [2.45, 2.75) is 51.0 Å². The molecule has 2 heteroatoms. The lowest BCUT2D eigenvalue weighted by Crippen LogP contribution is -2.46. The fourth-order valence-corrected chi connectivity index (χ4v) is 2.66. The van der Waals surface area contributed by atoms with Crippen LogP contribution in [-0.4, -0.2) is 18.8 Å². The van der Waals surface area contributed by atoms with Crippen LogP contribution >= 0.6 is 0 Å². The largest absolute Gasteiger partial charge is 0.381 e. The molecule has 2 N–H and O–H groups in total. The average molecular weight is 247 g/mol. The molecule has 0 spiro atoms. The van der Waals surface area contributed by atoms with E-state index in [9.17, 15) is 0 Å². The molecule has 2 nitrogen and oxygen atoms in total. The zero-order valence-electron chi connectivity index (χ0n) is 11.5. The molecule has 100 valence electrons. The highest BCUT2D eigenvalue weighted by Gasteiger charge is 2.29. The fourth-order valence-electron chi connectivity index (χ4n) is 2.66. The number of aryl methyl sites for hydroxylation is 1. The van der Waals surface area contributed by atoms with Crippen molar-refractivity contribution in [1.29, 1.82) is 0 Å². The first kappa shape index (κ1) is 13.6. The molecule has 1 aliphatic rings. The quantitative estimate of drug-likeness (QED) is 0.784. The number of hydrogen-bond acceptors (Lipinski definition) is 2. The van der Waals surface area contributed by atoms with E-state index in [0.29, 0.717) is 0 Å². The minimum Gasteiger partial charge on any atom is -0.381 e. The van der Waals surface area contributed by atoms with Crippen molar-refractivity contribution in [2.24, 2.45) is 5.73 Å². The van der Waals surface area contributed by atoms with Crippen LogP contribution in [0.4, 0.5) is 0 Å². The minimum atomic E-state index is -0.0550. The number of ether oxygens (including phenoxy) is 1. The highest BCUT2D eigenvalue weighted by atomic mass is 16.5. The molecule has 18 heavy (non-hydrogen) atoms. The van der Waals surface area contributed by atoms with E-state index in [1.807, 2.05) is 0 Å². The van der Waals surface area contributed by atoms with Gasteiger partial charge in [0, 0.05) is 18.8 Å². The van der Waals surface area contributed by atoms with Gasteiger partial charge in [-0.15, -0.1) is 0 Å². The molecule has 1 aromatic carbocycles. The van der Waals surface area contributed by atoms with Crippen LogP contribution < -0.4 is 5.73 Å². The van der Waals surface area contributed by atoms with Gasteiger partial charge in [-0.2, -0.15) is 0 Å². The van der Waals surface area contributed by atoms with Crippen molar-refractivity contribution in [2.75, 3.05) is 13.2 Å². The third kappa shape index (κ3) is 3.56. The molecule has 0 bridgehead atoms. The second kappa shape index (κ2) is 6.35. The zero-order valence-corrected chi connectivity index (χ0v) is 11.5. The Morgan fingerprint density at radius 1 is 1.22 bits per heavy atom. The van der Waals surface area contributed by atoms with Gasteiger partial charge in [0.15, 0.2) is 0 Å². The van der Waals surface area contributed by atoms with Crippen molar-refractivity contribution < 1.29 is 4.74 Å². The normalized spacial score (nSPS) is 22.8. The second-order valence-corrected chi connectivity index (χ2v) is 5.52. The summed E-state index contributed by atoms with van der Waals surface area (Å²) in [6.45, 7) is 3.87. The van der Waals surface area contributed by atoms with Crippen molar-refractivity contribution in [3.05, 3.63) is 35.4 Å². The lowest BCUT2D eigenvalue weighted by Gasteiger charge is -2.34. The monoisotopic (exact) mass is 247 g/mol. The van der Waals surface area contributed by atoms with E-state index in [1.165, 1.54) is 17.5 Å². The SMILES string of the molecule is CCCCOCCC1(N)CCc2ccccc2C1. The minimum absolute atomic E-state index is 0.0550. The highest BCUT2D eigenvalue weighted by molar-refractivity contribution is 5.32. The van der Waals surface area contributed by atoms with Gasteiger partial charge in [-0.25, -0.2) is 0 Å². The molecule has 0 heterocycles. The van der Waals surface area contributed by atoms with E-state index in [1.54, 1.807) is 0 Å². The van der Waals surface area contributed by atoms with E-state index in [4.69, 9.17) is 10.5 Å². The van der Waals surface area contributed by atoms with Crippen LogP contribution in [-0.2, 0) is 17.6 Å². The van der Waals surface area contributed by atoms with Crippen molar-refractivity contribution >= 4 is 0 Å². The maximum Gasteiger partial charge on any atom is 0.0483 e. The third-order valence-electron chi connectivity index (χ3n) is 3.94. The molecule has 0 amide bonds. The Morgan fingerprint density at radius 2 is 2.00 bits per heavy atom. The molecule has 0 fully saturated rings. The molecule has 1 atom stereocenters. The topological polar surface area (TPSA) is 35.2 Å². The first-order chi connectivity index (χ1) is 8.73. The Morgan fingerprint density at radius 3 is 2.78 bits per heavy atom. The van der Waals surface area contributed by atoms with Crippen LogP contribution in [0.15, 0.2) is 24.3 Å². The average Bonchev–Trinajstić information content (AvgIpc) is 2.38. The maximum atomic E-state index is 6.51. The maximum absolute atomic E-state index is 6.51. The molecule has 2 rings (SSSR count). The van der Waals surface area contributed by atoms with E-state index in [-0.39, 0.29) is 5.54 Å². The zero-order chi connectivity index (χ0) is 12.8. The van der Waals surface area contributed by atoms with Gasteiger partial charge in [0.25, 0.3) is 0 Å². The van der Waals surface area contributed by atoms with Crippen molar-refractivity contribution in [1.82, 2.24) is 0 Å². The summed E-state index contributed by atoms with van der Waals surface area (Å²) < 4.78 is 5.65. The Kier molecular flexibility index (Phi) is 4.79. The van der Waals surface area contributed by atoms with E-state index in [0.717, 1.165) is 45.3 Å². The fraction of sp³-hybridized carbons (Fsp3) is 0.625. The summed E-state index contributed by atoms with van der Waals surface area (Å²) in [4.78, 5) is 0. The van der Waals surface area contributed by atoms with Gasteiger partial charge in [-0.3, -0.25) is 0 Å². The van der Waals surface area contributed by atoms with Crippen LogP contribution in [0.5, 0.6) is 0 Å². The molecule has 1 aromatic rings. The summed E-state index contributed by atoms with van der Waals surface area (Å²) in [6.07, 6.45) is 6.52. The van der Waals surface area contributed by atoms with E-state index in [2.05, 4.69) is 31.2 Å². The summed E-state index contributed by atoms with van der Waals surface area (Å²) in [6, 6.07) is 8.68. The number of nitrogens with two attached hydrogens (primary N) is 1. The second-order valence-electron chi connectivity index (χ2n) is 5.52. The standard InChI is InChI=1S/C16H25NO/c1-2-3-11-18-12-10-16(17)9-8-14-6-4-5-7-15(14)13-16/h4-7H,2-3,8-13,17H2,1H3. The van der Waals surface area contributed by atoms with Crippen LogP contribution in [0, 0.1) is 0 Å². The number of rotatable bonds is 6. The van der Waals surface area contributed by atoms with Crippen LogP contribution in [0.3, 0.4) is 0 Å². The van der Waals surface area contributed by atoms with Crippen molar-refractivity contribution in [3.63, 3.8) is 0 Å². The van der Waals surface area contributed by atoms with Gasteiger partial charge in [-0.1, -0.05) is 37.6 Å². The van der Waals surface area contributed by atoms with Crippen LogP contribution in [0.25, 0.3) is 0 Å². The smallest absolute Gasteiger partial charge is 0.0483 e. The molecule has 0 radical (unpaired) electrons. The predicted octanol–water partition coefficient (Wildman–Crippen LogP) is 3.08. The lowest BCUT2D eigenvalue weighted by molar-refractivity contribution is 0.108. The van der Waals surface area contributed by atoms with Gasteiger partial charge < -0.3 is 10.5 Å². The van der Waals surface area contributed by atoms with E-state index < -0.39 is 0 Å². The summed E-state index contributed by atoms with van der Waals surface area (Å²) >= 11 is 0. The Hall–Kier alpha value is -0.860. The molecule has 1 aliphatic carbocycles. The summed E-state index contributed by atoms with van der Waals surface area (Å²) in [5.74, 6) is 0. The first-order valence-electron chi connectivity index (χ1n) is 7.17.